The second-order valence-electron chi connectivity index (χ2n) is 6.97. The van der Waals surface area contributed by atoms with E-state index >= 15 is 0 Å². The smallest absolute Gasteiger partial charge is 0.254 e. The molecule has 1 aliphatic heterocycles. The lowest BCUT2D eigenvalue weighted by molar-refractivity contribution is 0.0755. The molecule has 0 aliphatic carbocycles. The number of carbonyl (C=O) groups excluding carboxylic acids is 1. The van der Waals surface area contributed by atoms with Crippen LogP contribution in [0.3, 0.4) is 0 Å². The average molecular weight is 289 g/mol. The van der Waals surface area contributed by atoms with Crippen molar-refractivity contribution in [1.82, 2.24) is 9.88 Å². The molecule has 116 valence electrons. The highest BCUT2D eigenvalue weighted by Gasteiger charge is 2.28. The lowest BCUT2D eigenvalue weighted by atomic mass is 9.77. The molecule has 1 amide bonds. The fraction of sp³-hybridized carbons (Fsp3) is 0.647. The van der Waals surface area contributed by atoms with E-state index in [-0.39, 0.29) is 5.91 Å². The molecule has 2 rings (SSSR count). The number of likely N-dealkylation sites (tertiary alicyclic amines) is 1. The fourth-order valence-electron chi connectivity index (χ4n) is 3.05. The number of amides is 1. The summed E-state index contributed by atoms with van der Waals surface area (Å²) in [4.78, 5) is 18.8. The van der Waals surface area contributed by atoms with Gasteiger partial charge < -0.3 is 10.2 Å². The number of anilines is 1. The molecule has 0 radical (unpaired) electrons. The van der Waals surface area contributed by atoms with Gasteiger partial charge in [0.25, 0.3) is 5.91 Å². The third-order valence-electron chi connectivity index (χ3n) is 4.50. The van der Waals surface area contributed by atoms with Crippen molar-refractivity contribution < 1.29 is 4.79 Å². The van der Waals surface area contributed by atoms with Crippen LogP contribution in [0.15, 0.2) is 18.3 Å². The highest BCUT2D eigenvalue weighted by molar-refractivity contribution is 5.94. The Bertz CT molecular complexity index is 493. The molecule has 0 saturated carbocycles. The van der Waals surface area contributed by atoms with Crippen LogP contribution in [0.5, 0.6) is 0 Å². The van der Waals surface area contributed by atoms with Gasteiger partial charge in [-0.05, 0) is 42.7 Å². The van der Waals surface area contributed by atoms with Gasteiger partial charge in [-0.25, -0.2) is 4.98 Å². The Morgan fingerprint density at radius 2 is 2.10 bits per heavy atom. The molecule has 2 heterocycles. The van der Waals surface area contributed by atoms with E-state index in [0.29, 0.717) is 11.3 Å². The third kappa shape index (κ3) is 3.96. The minimum Gasteiger partial charge on any atom is -0.373 e. The summed E-state index contributed by atoms with van der Waals surface area (Å²) < 4.78 is 0. The summed E-state index contributed by atoms with van der Waals surface area (Å²) in [6.07, 6.45) is 5.09. The fourth-order valence-corrected chi connectivity index (χ4v) is 3.05. The third-order valence-corrected chi connectivity index (χ3v) is 4.50. The molecule has 1 aliphatic rings. The lowest BCUT2D eigenvalue weighted by Crippen LogP contribution is -2.32. The van der Waals surface area contributed by atoms with Crippen LogP contribution in [0.1, 0.15) is 50.4 Å². The standard InChI is InChI=1S/C17H27N3O/c1-17(2,3)14-6-5-10-20(11-8-14)16(21)13-7-9-19-15(12-13)18-4/h7,9,12,14H,5-6,8,10-11H2,1-4H3,(H,18,19). The molecule has 1 atom stereocenters. The van der Waals surface area contributed by atoms with E-state index in [4.69, 9.17) is 0 Å². The van der Waals surface area contributed by atoms with Crippen molar-refractivity contribution in [3.8, 4) is 0 Å². The normalized spacial score (nSPS) is 20.0. The van der Waals surface area contributed by atoms with Crippen LogP contribution in [-0.2, 0) is 0 Å². The van der Waals surface area contributed by atoms with Gasteiger partial charge in [0.15, 0.2) is 0 Å². The van der Waals surface area contributed by atoms with E-state index < -0.39 is 0 Å². The van der Waals surface area contributed by atoms with Crippen molar-refractivity contribution in [2.75, 3.05) is 25.5 Å². The average Bonchev–Trinajstić information content (AvgIpc) is 2.72. The SMILES string of the molecule is CNc1cc(C(=O)N2CCCC(C(C)(C)C)CC2)ccn1. The van der Waals surface area contributed by atoms with Crippen molar-refractivity contribution in [2.24, 2.45) is 11.3 Å². The lowest BCUT2D eigenvalue weighted by Gasteiger charge is -2.29. The van der Waals surface area contributed by atoms with Crippen LogP contribution < -0.4 is 5.32 Å². The van der Waals surface area contributed by atoms with Gasteiger partial charge in [-0.15, -0.1) is 0 Å². The van der Waals surface area contributed by atoms with Gasteiger partial charge in [0.05, 0.1) is 0 Å². The zero-order chi connectivity index (χ0) is 15.5. The highest BCUT2D eigenvalue weighted by atomic mass is 16.2. The molecule has 0 aromatic carbocycles. The van der Waals surface area contributed by atoms with Gasteiger partial charge in [0.1, 0.15) is 5.82 Å². The summed E-state index contributed by atoms with van der Waals surface area (Å²) in [6.45, 7) is 8.63. The predicted molar refractivity (Wildman–Crippen MR) is 86.5 cm³/mol. The van der Waals surface area contributed by atoms with E-state index in [2.05, 4.69) is 31.1 Å². The largest absolute Gasteiger partial charge is 0.373 e. The Kier molecular flexibility index (Phi) is 4.86. The minimum atomic E-state index is 0.128. The Morgan fingerprint density at radius 3 is 2.76 bits per heavy atom. The van der Waals surface area contributed by atoms with Crippen LogP contribution in [0.2, 0.25) is 0 Å². The summed E-state index contributed by atoms with van der Waals surface area (Å²) >= 11 is 0. The topological polar surface area (TPSA) is 45.2 Å². The van der Waals surface area contributed by atoms with Gasteiger partial charge in [-0.3, -0.25) is 4.79 Å². The van der Waals surface area contributed by atoms with Crippen LogP contribution in [0, 0.1) is 11.3 Å². The molecular weight excluding hydrogens is 262 g/mol. The van der Waals surface area contributed by atoms with Crippen molar-refractivity contribution in [3.05, 3.63) is 23.9 Å². The van der Waals surface area contributed by atoms with Gasteiger partial charge in [0, 0.05) is 31.9 Å². The first kappa shape index (κ1) is 15.8. The van der Waals surface area contributed by atoms with Crippen molar-refractivity contribution in [2.45, 2.75) is 40.0 Å². The molecular formula is C17H27N3O. The number of carbonyl (C=O) groups is 1. The van der Waals surface area contributed by atoms with Crippen molar-refractivity contribution in [1.29, 1.82) is 0 Å². The maximum absolute atomic E-state index is 12.6. The second kappa shape index (κ2) is 6.46. The summed E-state index contributed by atoms with van der Waals surface area (Å²) in [5.74, 6) is 1.56. The maximum Gasteiger partial charge on any atom is 0.254 e. The molecule has 4 nitrogen and oxygen atoms in total. The molecule has 1 N–H and O–H groups in total. The molecule has 0 spiro atoms. The quantitative estimate of drug-likeness (QED) is 0.907. The first-order valence-electron chi connectivity index (χ1n) is 7.85. The summed E-state index contributed by atoms with van der Waals surface area (Å²) in [5, 5.41) is 2.98. The van der Waals surface area contributed by atoms with E-state index in [1.54, 1.807) is 12.3 Å². The first-order valence-corrected chi connectivity index (χ1v) is 7.85. The summed E-state index contributed by atoms with van der Waals surface area (Å²) in [5.41, 5.74) is 1.05. The maximum atomic E-state index is 12.6. The highest BCUT2D eigenvalue weighted by Crippen LogP contribution is 2.34. The van der Waals surface area contributed by atoms with Gasteiger partial charge >= 0.3 is 0 Å². The van der Waals surface area contributed by atoms with E-state index in [0.717, 1.165) is 37.3 Å². The monoisotopic (exact) mass is 289 g/mol. The Labute approximate surface area is 127 Å². The zero-order valence-electron chi connectivity index (χ0n) is 13.6. The molecule has 1 unspecified atom stereocenters. The number of pyridine rings is 1. The predicted octanol–water partition coefficient (Wildman–Crippen LogP) is 3.41. The van der Waals surface area contributed by atoms with Crippen LogP contribution in [0.4, 0.5) is 5.82 Å². The Morgan fingerprint density at radius 1 is 1.33 bits per heavy atom. The summed E-state index contributed by atoms with van der Waals surface area (Å²) in [7, 11) is 1.82. The van der Waals surface area contributed by atoms with Crippen LogP contribution in [0.25, 0.3) is 0 Å². The van der Waals surface area contributed by atoms with Crippen molar-refractivity contribution in [3.63, 3.8) is 0 Å². The number of rotatable bonds is 2. The van der Waals surface area contributed by atoms with Gasteiger partial charge in [-0.2, -0.15) is 0 Å². The molecule has 0 bridgehead atoms. The van der Waals surface area contributed by atoms with Crippen molar-refractivity contribution >= 4 is 11.7 Å². The molecule has 21 heavy (non-hydrogen) atoms. The van der Waals surface area contributed by atoms with Gasteiger partial charge in [0.2, 0.25) is 0 Å². The number of nitrogens with zero attached hydrogens (tertiary/aromatic N) is 2. The van der Waals surface area contributed by atoms with Crippen LogP contribution in [-0.4, -0.2) is 35.9 Å². The van der Waals surface area contributed by atoms with Gasteiger partial charge in [-0.1, -0.05) is 20.8 Å². The van der Waals surface area contributed by atoms with Crippen LogP contribution >= 0.6 is 0 Å². The summed E-state index contributed by atoms with van der Waals surface area (Å²) in [6, 6.07) is 3.63. The first-order chi connectivity index (χ1) is 9.91. The van der Waals surface area contributed by atoms with E-state index in [9.17, 15) is 4.79 Å². The number of hydrogen-bond acceptors (Lipinski definition) is 3. The molecule has 1 aromatic rings. The Balaban J connectivity index is 2.06. The molecule has 4 heteroatoms. The molecule has 1 saturated heterocycles. The number of hydrogen-bond donors (Lipinski definition) is 1. The molecule has 1 fully saturated rings. The zero-order valence-corrected chi connectivity index (χ0v) is 13.6. The second-order valence-corrected chi connectivity index (χ2v) is 6.97. The van der Waals surface area contributed by atoms with E-state index in [1.807, 2.05) is 18.0 Å². The minimum absolute atomic E-state index is 0.128. The Hall–Kier alpha value is -1.58. The van der Waals surface area contributed by atoms with E-state index in [1.165, 1.54) is 6.42 Å². The number of nitrogens with one attached hydrogen (secondary N) is 1. The number of aromatic nitrogens is 1. The molecule has 1 aromatic heterocycles.